The Hall–Kier alpha value is -3.21. The second-order valence-corrected chi connectivity index (χ2v) is 6.82. The second kappa shape index (κ2) is 6.20. The van der Waals surface area contributed by atoms with Gasteiger partial charge in [-0.3, -0.25) is 0 Å². The molecule has 3 nitrogen and oxygen atoms in total. The van der Waals surface area contributed by atoms with Gasteiger partial charge in [0.25, 0.3) is 0 Å². The van der Waals surface area contributed by atoms with Crippen LogP contribution < -0.4 is 5.32 Å². The fourth-order valence-corrected chi connectivity index (χ4v) is 3.93. The molecule has 0 amide bonds. The van der Waals surface area contributed by atoms with Crippen LogP contribution in [0.1, 0.15) is 29.6 Å². The van der Waals surface area contributed by atoms with E-state index in [-0.39, 0.29) is 23.7 Å². The van der Waals surface area contributed by atoms with E-state index >= 15 is 0 Å². The molecule has 0 saturated heterocycles. The van der Waals surface area contributed by atoms with Gasteiger partial charge in [-0.25, -0.2) is 13.8 Å². The monoisotopic (exact) mass is 361 g/mol. The number of nitrogens with zero attached hydrogens (tertiary/aromatic N) is 2. The van der Waals surface area contributed by atoms with Crippen molar-refractivity contribution < 1.29 is 8.78 Å². The zero-order valence-electron chi connectivity index (χ0n) is 14.4. The second-order valence-electron chi connectivity index (χ2n) is 6.82. The number of aromatic nitrogens is 2. The highest BCUT2D eigenvalue weighted by molar-refractivity contribution is 5.79. The molecule has 1 aromatic heterocycles. The summed E-state index contributed by atoms with van der Waals surface area (Å²) in [4.78, 5) is 4.71. The first-order valence-corrected chi connectivity index (χ1v) is 8.94. The average Bonchev–Trinajstić information content (AvgIpc) is 3.07. The highest BCUT2D eigenvalue weighted by Gasteiger charge is 2.32. The van der Waals surface area contributed by atoms with Crippen molar-refractivity contribution in [3.8, 4) is 0 Å². The summed E-state index contributed by atoms with van der Waals surface area (Å²) >= 11 is 0. The summed E-state index contributed by atoms with van der Waals surface area (Å²) < 4.78 is 30.1. The van der Waals surface area contributed by atoms with Crippen LogP contribution in [0, 0.1) is 11.6 Å². The summed E-state index contributed by atoms with van der Waals surface area (Å²) in [6, 6.07) is 20.9. The number of para-hydroxylation sites is 2. The molecular weight excluding hydrogens is 344 g/mol. The van der Waals surface area contributed by atoms with Gasteiger partial charge >= 0.3 is 0 Å². The van der Waals surface area contributed by atoms with E-state index in [0.717, 1.165) is 16.6 Å². The van der Waals surface area contributed by atoms with E-state index in [4.69, 9.17) is 4.98 Å². The number of hydrogen-bond donors (Lipinski definition) is 1. The third-order valence-electron chi connectivity index (χ3n) is 5.21. The molecule has 1 aliphatic heterocycles. The van der Waals surface area contributed by atoms with Gasteiger partial charge in [-0.1, -0.05) is 42.5 Å². The smallest absolute Gasteiger partial charge is 0.204 e. The van der Waals surface area contributed by atoms with Crippen molar-refractivity contribution in [2.45, 2.75) is 18.5 Å². The minimum Gasteiger partial charge on any atom is -0.349 e. The summed E-state index contributed by atoms with van der Waals surface area (Å²) in [7, 11) is 0. The Labute approximate surface area is 155 Å². The summed E-state index contributed by atoms with van der Waals surface area (Å²) in [6.07, 6.45) is 0.639. The van der Waals surface area contributed by atoms with E-state index in [0.29, 0.717) is 17.9 Å². The van der Waals surface area contributed by atoms with Crippen LogP contribution in [0.25, 0.3) is 11.0 Å². The topological polar surface area (TPSA) is 29.9 Å². The largest absolute Gasteiger partial charge is 0.349 e. The molecule has 27 heavy (non-hydrogen) atoms. The maximum atomic E-state index is 14.7. The van der Waals surface area contributed by atoms with E-state index in [1.165, 1.54) is 18.2 Å². The van der Waals surface area contributed by atoms with Crippen LogP contribution in [0.4, 0.5) is 14.7 Å². The minimum absolute atomic E-state index is 0.0838. The Bertz CT molecular complexity index is 1120. The van der Waals surface area contributed by atoms with Gasteiger partial charge in [0.1, 0.15) is 11.6 Å². The number of imidazole rings is 1. The molecule has 0 fully saturated rings. The van der Waals surface area contributed by atoms with Crippen LogP contribution in [-0.4, -0.2) is 9.55 Å². The molecule has 4 aromatic rings. The van der Waals surface area contributed by atoms with Crippen molar-refractivity contribution in [1.82, 2.24) is 9.55 Å². The molecule has 134 valence electrons. The molecule has 2 heterocycles. The predicted molar refractivity (Wildman–Crippen MR) is 102 cm³/mol. The Morgan fingerprint density at radius 1 is 0.889 bits per heavy atom. The fourth-order valence-electron chi connectivity index (χ4n) is 3.93. The van der Waals surface area contributed by atoms with Crippen LogP contribution in [0.3, 0.4) is 0 Å². The molecular formula is C22H17F2N3. The highest BCUT2D eigenvalue weighted by Crippen LogP contribution is 2.41. The lowest BCUT2D eigenvalue weighted by atomic mass is 9.92. The summed E-state index contributed by atoms with van der Waals surface area (Å²) in [5.74, 6) is 0.198. The van der Waals surface area contributed by atoms with E-state index in [1.807, 2.05) is 36.4 Å². The lowest BCUT2D eigenvalue weighted by Gasteiger charge is -2.33. The molecule has 1 aliphatic rings. The van der Waals surface area contributed by atoms with Crippen LogP contribution in [0.5, 0.6) is 0 Å². The maximum absolute atomic E-state index is 14.7. The number of nitrogens with one attached hydrogen (secondary N) is 1. The van der Waals surface area contributed by atoms with E-state index in [1.54, 1.807) is 18.2 Å². The van der Waals surface area contributed by atoms with Crippen molar-refractivity contribution in [2.75, 3.05) is 5.32 Å². The zero-order chi connectivity index (χ0) is 18.4. The predicted octanol–water partition coefficient (Wildman–Crippen LogP) is 5.46. The normalized spacial score (nSPS) is 18.9. The van der Waals surface area contributed by atoms with Crippen LogP contribution in [-0.2, 0) is 0 Å². The lowest BCUT2D eigenvalue weighted by molar-refractivity contribution is 0.456. The van der Waals surface area contributed by atoms with Crippen LogP contribution >= 0.6 is 0 Å². The molecule has 0 bridgehead atoms. The standard InChI is InChI=1S/C22H17F2N3/c23-15-11-9-14(10-12-15)19-13-21(16-5-1-2-6-17(16)24)27-20-8-4-3-7-18(20)25-22(27)26-19/h1-12,19,21H,13H2,(H,25,26)/t19-,21-/m0/s1. The lowest BCUT2D eigenvalue weighted by Crippen LogP contribution is -2.27. The number of halogens is 2. The molecule has 0 radical (unpaired) electrons. The Morgan fingerprint density at radius 2 is 1.63 bits per heavy atom. The Morgan fingerprint density at radius 3 is 2.44 bits per heavy atom. The van der Waals surface area contributed by atoms with E-state index in [9.17, 15) is 8.78 Å². The van der Waals surface area contributed by atoms with Crippen molar-refractivity contribution in [3.63, 3.8) is 0 Å². The molecule has 0 aliphatic carbocycles. The summed E-state index contributed by atoms with van der Waals surface area (Å²) in [5, 5.41) is 3.45. The highest BCUT2D eigenvalue weighted by atomic mass is 19.1. The molecule has 0 unspecified atom stereocenters. The third-order valence-corrected chi connectivity index (χ3v) is 5.21. The minimum atomic E-state index is -0.271. The van der Waals surface area contributed by atoms with Crippen molar-refractivity contribution in [2.24, 2.45) is 0 Å². The van der Waals surface area contributed by atoms with Gasteiger partial charge in [0.15, 0.2) is 0 Å². The number of benzene rings is 3. The number of anilines is 1. The average molecular weight is 361 g/mol. The fraction of sp³-hybridized carbons (Fsp3) is 0.136. The van der Waals surface area contributed by atoms with Gasteiger partial charge in [-0.2, -0.15) is 0 Å². The van der Waals surface area contributed by atoms with Crippen molar-refractivity contribution >= 4 is 17.0 Å². The van der Waals surface area contributed by atoms with Gasteiger partial charge in [-0.05, 0) is 42.3 Å². The Kier molecular flexibility index (Phi) is 3.67. The molecule has 0 spiro atoms. The SMILES string of the molecule is Fc1ccc([C@@H]2C[C@@H](c3ccccc3F)n3c(nc4ccccc43)N2)cc1. The van der Waals surface area contributed by atoms with E-state index < -0.39 is 0 Å². The van der Waals surface area contributed by atoms with Crippen molar-refractivity contribution in [3.05, 3.63) is 95.6 Å². The van der Waals surface area contributed by atoms with Crippen molar-refractivity contribution in [1.29, 1.82) is 0 Å². The first-order valence-electron chi connectivity index (χ1n) is 8.94. The molecule has 5 rings (SSSR count). The Balaban J connectivity index is 1.68. The molecule has 0 saturated carbocycles. The molecule has 2 atom stereocenters. The number of hydrogen-bond acceptors (Lipinski definition) is 2. The first-order chi connectivity index (χ1) is 13.2. The molecule has 3 aromatic carbocycles. The number of rotatable bonds is 2. The van der Waals surface area contributed by atoms with Gasteiger partial charge in [0, 0.05) is 5.56 Å². The summed E-state index contributed by atoms with van der Waals surface area (Å²) in [5.41, 5.74) is 3.42. The first kappa shape index (κ1) is 16.0. The molecule has 5 heteroatoms. The van der Waals surface area contributed by atoms with Crippen LogP contribution in [0.15, 0.2) is 72.8 Å². The van der Waals surface area contributed by atoms with Crippen LogP contribution in [0.2, 0.25) is 0 Å². The van der Waals surface area contributed by atoms with E-state index in [2.05, 4.69) is 9.88 Å². The van der Waals surface area contributed by atoms with Gasteiger partial charge < -0.3 is 9.88 Å². The molecule has 1 N–H and O–H groups in total. The van der Waals surface area contributed by atoms with Gasteiger partial charge in [-0.15, -0.1) is 0 Å². The number of fused-ring (bicyclic) bond motifs is 3. The zero-order valence-corrected chi connectivity index (χ0v) is 14.4. The summed E-state index contributed by atoms with van der Waals surface area (Å²) in [6.45, 7) is 0. The van der Waals surface area contributed by atoms with Gasteiger partial charge in [0.05, 0.1) is 23.1 Å². The maximum Gasteiger partial charge on any atom is 0.204 e. The van der Waals surface area contributed by atoms with Gasteiger partial charge in [0.2, 0.25) is 5.95 Å². The quantitative estimate of drug-likeness (QED) is 0.514. The third kappa shape index (κ3) is 2.67.